The Labute approximate surface area is 374 Å². The third kappa shape index (κ3) is 6.52. The first-order chi connectivity index (χ1) is 28.8. The maximum absolute atomic E-state index is 2.56. The fourth-order valence-corrected chi connectivity index (χ4v) is 11.3. The minimum absolute atomic E-state index is 0.0393. The number of hydrogen-bond acceptors (Lipinski definition) is 0. The van der Waals surface area contributed by atoms with Crippen LogP contribution in [0.1, 0.15) is 201 Å². The Morgan fingerprint density at radius 3 is 0.710 bits per heavy atom. The van der Waals surface area contributed by atoms with E-state index in [1.54, 1.807) is 0 Å². The van der Waals surface area contributed by atoms with E-state index in [-0.39, 0.29) is 44.3 Å². The van der Waals surface area contributed by atoms with Crippen LogP contribution in [0.4, 0.5) is 0 Å². The second-order valence-electron chi connectivity index (χ2n) is 24.2. The highest BCUT2D eigenvalue weighted by molar-refractivity contribution is 6.08. The van der Waals surface area contributed by atoms with Gasteiger partial charge >= 0.3 is 0 Å². The van der Waals surface area contributed by atoms with Crippen LogP contribution in [0, 0.1) is 0 Å². The average Bonchev–Trinajstić information content (AvgIpc) is 3.19. The maximum Gasteiger partial charge on any atom is 0.0358 e. The molecule has 0 bridgehead atoms. The van der Waals surface area contributed by atoms with Gasteiger partial charge in [-0.15, -0.1) is 0 Å². The first-order valence-corrected chi connectivity index (χ1v) is 23.3. The highest BCUT2D eigenvalue weighted by Crippen LogP contribution is 2.57. The number of benzene rings is 7. The summed E-state index contributed by atoms with van der Waals surface area (Å²) in [4.78, 5) is 0. The summed E-state index contributed by atoms with van der Waals surface area (Å²) < 4.78 is 0. The van der Waals surface area contributed by atoms with E-state index in [0.29, 0.717) is 0 Å². The van der Waals surface area contributed by atoms with E-state index in [9.17, 15) is 0 Å². The summed E-state index contributed by atoms with van der Waals surface area (Å²) in [6, 6.07) is 48.8. The number of rotatable bonds is 2. The third-order valence-electron chi connectivity index (χ3n) is 15.2. The molecular weight excluding hydrogens is 745 g/mol. The Hall–Kier alpha value is -4.94. The molecule has 0 aromatic heterocycles. The van der Waals surface area contributed by atoms with E-state index in [1.807, 2.05) is 0 Å². The minimum Gasteiger partial charge on any atom is -0.0616 e. The summed E-state index contributed by atoms with van der Waals surface area (Å²) in [6.07, 6.45) is 0. The molecule has 0 nitrogen and oxygen atoms in total. The second-order valence-corrected chi connectivity index (χ2v) is 24.2. The Kier molecular flexibility index (Phi) is 9.42. The summed E-state index contributed by atoms with van der Waals surface area (Å²) in [5, 5.41) is 5.42. The topological polar surface area (TPSA) is 0 Å². The van der Waals surface area contributed by atoms with Gasteiger partial charge in [0.1, 0.15) is 0 Å². The molecule has 0 fully saturated rings. The molecule has 62 heavy (non-hydrogen) atoms. The van der Waals surface area contributed by atoms with Crippen molar-refractivity contribution in [1.29, 1.82) is 0 Å². The van der Waals surface area contributed by atoms with Gasteiger partial charge in [-0.3, -0.25) is 0 Å². The summed E-state index contributed by atoms with van der Waals surface area (Å²) in [5.74, 6) is 0.127. The Morgan fingerprint density at radius 2 is 0.516 bits per heavy atom. The van der Waals surface area contributed by atoms with Crippen LogP contribution in [0.5, 0.6) is 0 Å². The van der Waals surface area contributed by atoms with Gasteiger partial charge in [-0.25, -0.2) is 0 Å². The lowest BCUT2D eigenvalue weighted by Gasteiger charge is -2.43. The van der Waals surface area contributed by atoms with Gasteiger partial charge in [-0.1, -0.05) is 232 Å². The summed E-state index contributed by atoms with van der Waals surface area (Å²) in [6.45, 7) is 38.1. The molecule has 2 aliphatic rings. The van der Waals surface area contributed by atoms with Crippen molar-refractivity contribution in [3.8, 4) is 0 Å². The molecule has 7 aromatic rings. The van der Waals surface area contributed by atoms with Gasteiger partial charge in [0.2, 0.25) is 0 Å². The van der Waals surface area contributed by atoms with E-state index in [4.69, 9.17) is 0 Å². The van der Waals surface area contributed by atoms with Gasteiger partial charge in [0.05, 0.1) is 0 Å². The van der Waals surface area contributed by atoms with Gasteiger partial charge in [0.15, 0.2) is 0 Å². The Bertz CT molecular complexity index is 2540. The van der Waals surface area contributed by atoms with Crippen molar-refractivity contribution < 1.29 is 0 Å². The normalized spacial score (nSPS) is 16.5. The van der Waals surface area contributed by atoms with Crippen molar-refractivity contribution in [3.05, 3.63) is 199 Å². The second kappa shape index (κ2) is 13.8. The van der Waals surface area contributed by atoms with Gasteiger partial charge in [0.25, 0.3) is 0 Å². The molecule has 2 aliphatic carbocycles. The van der Waals surface area contributed by atoms with Crippen molar-refractivity contribution >= 4 is 21.5 Å². The molecule has 7 aromatic carbocycles. The zero-order valence-corrected chi connectivity index (χ0v) is 40.7. The molecule has 0 amide bonds. The average molecular weight is 815 g/mol. The number of hydrogen-bond donors (Lipinski definition) is 0. The van der Waals surface area contributed by atoms with Crippen molar-refractivity contribution in [2.24, 2.45) is 0 Å². The predicted molar refractivity (Wildman–Crippen MR) is 268 cm³/mol. The van der Waals surface area contributed by atoms with Crippen molar-refractivity contribution in [2.45, 2.75) is 155 Å². The lowest BCUT2D eigenvalue weighted by Crippen LogP contribution is -2.32. The lowest BCUT2D eigenvalue weighted by molar-refractivity contribution is 0.559. The molecule has 9 rings (SSSR count). The Balaban J connectivity index is 1.41. The van der Waals surface area contributed by atoms with E-state index in [2.05, 4.69) is 232 Å². The summed E-state index contributed by atoms with van der Waals surface area (Å²) in [7, 11) is 0. The molecule has 0 radical (unpaired) electrons. The zero-order chi connectivity index (χ0) is 44.7. The van der Waals surface area contributed by atoms with E-state index < -0.39 is 0 Å². The van der Waals surface area contributed by atoms with Gasteiger partial charge < -0.3 is 0 Å². The van der Waals surface area contributed by atoms with E-state index in [0.717, 1.165) is 0 Å². The minimum atomic E-state index is -0.171. The molecule has 0 spiro atoms. The van der Waals surface area contributed by atoms with Crippen LogP contribution in [0.2, 0.25) is 0 Å². The molecule has 0 unspecified atom stereocenters. The van der Waals surface area contributed by atoms with Crippen LogP contribution in [-0.2, 0) is 32.5 Å². The van der Waals surface area contributed by atoms with Crippen LogP contribution in [-0.4, -0.2) is 0 Å². The molecule has 0 saturated carbocycles. The molecule has 318 valence electrons. The lowest BCUT2D eigenvalue weighted by atomic mass is 9.60. The monoisotopic (exact) mass is 815 g/mol. The largest absolute Gasteiger partial charge is 0.0616 e. The first kappa shape index (κ1) is 42.4. The standard InChI is InChI=1S/C62H70/c1-57(2,3)37-25-29-45-49(33-37)61(13,14)50-34-38(58(4,5)6)26-30-46(50)55(45)53-41-21-17-19-23-43(41)54(44-24-20-18-22-42(44)53)56-47-31-27-39(59(7,8)9)35-51(47)62(15,16)52-36-40(60(10,11)12)28-32-48(52)56/h17-36,55-56H,1-16H3. The van der Waals surface area contributed by atoms with Crippen molar-refractivity contribution in [3.63, 3.8) is 0 Å². The zero-order valence-electron chi connectivity index (χ0n) is 40.7. The fraction of sp³-hybridized carbons (Fsp3) is 0.387. The Morgan fingerprint density at radius 1 is 0.306 bits per heavy atom. The van der Waals surface area contributed by atoms with Crippen molar-refractivity contribution in [2.75, 3.05) is 0 Å². The quantitative estimate of drug-likeness (QED) is 0.153. The first-order valence-electron chi connectivity index (χ1n) is 23.3. The fourth-order valence-electron chi connectivity index (χ4n) is 11.3. The number of fused-ring (bicyclic) bond motifs is 6. The summed E-state index contributed by atoms with van der Waals surface area (Å²) in [5.41, 5.74) is 19.8. The van der Waals surface area contributed by atoms with Gasteiger partial charge in [-0.05, 0) is 121 Å². The van der Waals surface area contributed by atoms with Crippen LogP contribution in [0.3, 0.4) is 0 Å². The van der Waals surface area contributed by atoms with Crippen LogP contribution < -0.4 is 0 Å². The van der Waals surface area contributed by atoms with Crippen LogP contribution >= 0.6 is 0 Å². The van der Waals surface area contributed by atoms with E-state index in [1.165, 1.54) is 99.4 Å². The highest BCUT2D eigenvalue weighted by atomic mass is 14.5. The van der Waals surface area contributed by atoms with Crippen LogP contribution in [0.25, 0.3) is 21.5 Å². The third-order valence-corrected chi connectivity index (χ3v) is 15.2. The summed E-state index contributed by atoms with van der Waals surface area (Å²) >= 11 is 0. The molecule has 0 aliphatic heterocycles. The molecular formula is C62H70. The van der Waals surface area contributed by atoms with Gasteiger partial charge in [-0.2, -0.15) is 0 Å². The predicted octanol–water partition coefficient (Wildman–Crippen LogP) is 16.8. The molecule has 0 saturated heterocycles. The molecule has 0 N–H and O–H groups in total. The molecule has 0 atom stereocenters. The smallest absolute Gasteiger partial charge is 0.0358 e. The highest BCUT2D eigenvalue weighted by Gasteiger charge is 2.43. The molecule has 0 heterocycles. The van der Waals surface area contributed by atoms with Crippen LogP contribution in [0.15, 0.2) is 121 Å². The molecule has 0 heteroatoms. The SMILES string of the molecule is CC(C)(C)c1ccc2c(c1)C(C)(C)c1cc(C(C)(C)C)ccc1C2c1c2ccccc2c(C2c3ccc(C(C)(C)C)cc3C(C)(C)c3cc(C(C)(C)C)ccc32)c2ccccc12. The van der Waals surface area contributed by atoms with Crippen molar-refractivity contribution in [1.82, 2.24) is 0 Å². The van der Waals surface area contributed by atoms with E-state index >= 15 is 0 Å². The maximum atomic E-state index is 2.56. The van der Waals surface area contributed by atoms with Gasteiger partial charge in [0, 0.05) is 22.7 Å².